The first kappa shape index (κ1) is 12.7. The van der Waals surface area contributed by atoms with Crippen molar-refractivity contribution in [2.24, 2.45) is 0 Å². The van der Waals surface area contributed by atoms with Gasteiger partial charge in [-0.15, -0.1) is 0 Å². The number of nitrogens with zero attached hydrogens (tertiary/aromatic N) is 2. The molecule has 0 N–H and O–H groups in total. The third-order valence-electron chi connectivity index (χ3n) is 5.27. The second-order valence-corrected chi connectivity index (χ2v) is 6.34. The summed E-state index contributed by atoms with van der Waals surface area (Å²) in [5.74, 6) is 0. The van der Waals surface area contributed by atoms with Gasteiger partial charge in [0.05, 0.1) is 0 Å². The molecule has 0 radical (unpaired) electrons. The molecule has 2 nitrogen and oxygen atoms in total. The Morgan fingerprint density at radius 2 is 2.00 bits per heavy atom. The monoisotopic (exact) mass is 248 g/mol. The standard InChI is InChI=1S/C16H28N2/c1-2-14-12-17-11-7-6-10-16(17)13-18(14)15-8-4-3-5-9-15/h3-4,14-16H,2,5-13H2,1H3. The summed E-state index contributed by atoms with van der Waals surface area (Å²) < 4.78 is 0. The van der Waals surface area contributed by atoms with Crippen LogP contribution in [0.2, 0.25) is 0 Å². The molecule has 2 heterocycles. The van der Waals surface area contributed by atoms with Crippen LogP contribution in [0, 0.1) is 0 Å². The SMILES string of the molecule is CCC1CN2CCCCC2CN1C1CC=CCC1. The van der Waals surface area contributed by atoms with Gasteiger partial charge in [0.25, 0.3) is 0 Å². The van der Waals surface area contributed by atoms with E-state index in [-0.39, 0.29) is 0 Å². The fourth-order valence-electron chi connectivity index (χ4n) is 4.16. The predicted molar refractivity (Wildman–Crippen MR) is 76.8 cm³/mol. The quantitative estimate of drug-likeness (QED) is 0.693. The van der Waals surface area contributed by atoms with Crippen molar-refractivity contribution in [3.8, 4) is 0 Å². The van der Waals surface area contributed by atoms with Crippen LogP contribution in [0.5, 0.6) is 0 Å². The highest BCUT2D eigenvalue weighted by atomic mass is 15.3. The Morgan fingerprint density at radius 3 is 2.78 bits per heavy atom. The zero-order valence-corrected chi connectivity index (χ0v) is 11.9. The van der Waals surface area contributed by atoms with Gasteiger partial charge < -0.3 is 0 Å². The van der Waals surface area contributed by atoms with Crippen LogP contribution in [0.1, 0.15) is 51.9 Å². The Balaban J connectivity index is 1.69. The molecule has 0 saturated carbocycles. The van der Waals surface area contributed by atoms with Crippen molar-refractivity contribution in [2.75, 3.05) is 19.6 Å². The molecule has 2 heteroatoms. The van der Waals surface area contributed by atoms with Crippen LogP contribution < -0.4 is 0 Å². The van der Waals surface area contributed by atoms with E-state index >= 15 is 0 Å². The summed E-state index contributed by atoms with van der Waals surface area (Å²) in [5.41, 5.74) is 0. The maximum atomic E-state index is 2.87. The van der Waals surface area contributed by atoms with Crippen LogP contribution in [0.25, 0.3) is 0 Å². The Labute approximate surface area is 112 Å². The molecule has 2 saturated heterocycles. The van der Waals surface area contributed by atoms with E-state index < -0.39 is 0 Å². The number of piperidine rings is 1. The lowest BCUT2D eigenvalue weighted by atomic mass is 9.91. The molecule has 3 rings (SSSR count). The maximum absolute atomic E-state index is 2.87. The van der Waals surface area contributed by atoms with Crippen LogP contribution in [0.15, 0.2) is 12.2 Å². The summed E-state index contributed by atoms with van der Waals surface area (Å²) in [6, 6.07) is 2.52. The van der Waals surface area contributed by atoms with Crippen molar-refractivity contribution in [1.82, 2.24) is 9.80 Å². The van der Waals surface area contributed by atoms with Gasteiger partial charge in [-0.3, -0.25) is 9.80 Å². The Kier molecular flexibility index (Phi) is 4.05. The Bertz CT molecular complexity index is 299. The average Bonchev–Trinajstić information content (AvgIpc) is 2.46. The molecule has 3 atom stereocenters. The molecule has 2 fully saturated rings. The lowest BCUT2D eigenvalue weighted by molar-refractivity contribution is -0.0173. The van der Waals surface area contributed by atoms with Crippen LogP contribution in [-0.2, 0) is 0 Å². The minimum absolute atomic E-state index is 0.816. The highest BCUT2D eigenvalue weighted by molar-refractivity contribution is 4.99. The molecular weight excluding hydrogens is 220 g/mol. The normalized spacial score (nSPS) is 38.6. The van der Waals surface area contributed by atoms with Crippen LogP contribution >= 0.6 is 0 Å². The topological polar surface area (TPSA) is 6.48 Å². The van der Waals surface area contributed by atoms with E-state index in [1.165, 1.54) is 64.6 Å². The molecule has 2 aliphatic heterocycles. The van der Waals surface area contributed by atoms with Crippen molar-refractivity contribution >= 4 is 0 Å². The fourth-order valence-corrected chi connectivity index (χ4v) is 4.16. The third-order valence-corrected chi connectivity index (χ3v) is 5.27. The Hall–Kier alpha value is -0.340. The maximum Gasteiger partial charge on any atom is 0.0224 e. The molecule has 0 aromatic heterocycles. The number of allylic oxidation sites excluding steroid dienone is 1. The largest absolute Gasteiger partial charge is 0.298 e. The first-order valence-electron chi connectivity index (χ1n) is 8.03. The van der Waals surface area contributed by atoms with Gasteiger partial charge in [-0.05, 0) is 45.1 Å². The molecule has 0 amide bonds. The fraction of sp³-hybridized carbons (Fsp3) is 0.875. The number of rotatable bonds is 2. The van der Waals surface area contributed by atoms with Gasteiger partial charge in [0, 0.05) is 31.2 Å². The van der Waals surface area contributed by atoms with E-state index in [1.54, 1.807) is 0 Å². The number of hydrogen-bond donors (Lipinski definition) is 0. The summed E-state index contributed by atoms with van der Waals surface area (Å²) >= 11 is 0. The number of fused-ring (bicyclic) bond motifs is 1. The van der Waals surface area contributed by atoms with Crippen LogP contribution in [0.3, 0.4) is 0 Å². The van der Waals surface area contributed by atoms with E-state index in [0.717, 1.165) is 18.1 Å². The minimum atomic E-state index is 0.816. The molecule has 0 bridgehead atoms. The molecule has 1 aliphatic carbocycles. The van der Waals surface area contributed by atoms with Gasteiger partial charge in [0.1, 0.15) is 0 Å². The highest BCUT2D eigenvalue weighted by Crippen LogP contribution is 2.29. The van der Waals surface area contributed by atoms with Gasteiger partial charge in [-0.25, -0.2) is 0 Å². The van der Waals surface area contributed by atoms with E-state index in [4.69, 9.17) is 0 Å². The van der Waals surface area contributed by atoms with Crippen molar-refractivity contribution in [1.29, 1.82) is 0 Å². The number of hydrogen-bond acceptors (Lipinski definition) is 2. The van der Waals surface area contributed by atoms with Crippen molar-refractivity contribution in [2.45, 2.75) is 70.0 Å². The van der Waals surface area contributed by atoms with E-state index in [2.05, 4.69) is 28.9 Å². The molecule has 0 spiro atoms. The van der Waals surface area contributed by atoms with E-state index in [9.17, 15) is 0 Å². The molecule has 3 unspecified atom stereocenters. The minimum Gasteiger partial charge on any atom is -0.298 e. The van der Waals surface area contributed by atoms with Gasteiger partial charge in [-0.1, -0.05) is 25.5 Å². The third kappa shape index (κ3) is 2.50. The average molecular weight is 248 g/mol. The number of piperazine rings is 1. The van der Waals surface area contributed by atoms with Gasteiger partial charge in [-0.2, -0.15) is 0 Å². The van der Waals surface area contributed by atoms with Crippen molar-refractivity contribution < 1.29 is 0 Å². The lowest BCUT2D eigenvalue weighted by Crippen LogP contribution is -2.61. The van der Waals surface area contributed by atoms with Crippen LogP contribution in [0.4, 0.5) is 0 Å². The molecule has 0 aromatic carbocycles. The van der Waals surface area contributed by atoms with Crippen molar-refractivity contribution in [3.63, 3.8) is 0 Å². The highest BCUT2D eigenvalue weighted by Gasteiger charge is 2.36. The predicted octanol–water partition coefficient (Wildman–Crippen LogP) is 3.04. The van der Waals surface area contributed by atoms with Gasteiger partial charge >= 0.3 is 0 Å². The zero-order valence-electron chi connectivity index (χ0n) is 11.9. The summed E-state index contributed by atoms with van der Waals surface area (Å²) in [6.07, 6.45) is 14.4. The summed E-state index contributed by atoms with van der Waals surface area (Å²) in [7, 11) is 0. The second-order valence-electron chi connectivity index (χ2n) is 6.34. The first-order chi connectivity index (χ1) is 8.88. The van der Waals surface area contributed by atoms with Crippen molar-refractivity contribution in [3.05, 3.63) is 12.2 Å². The van der Waals surface area contributed by atoms with Crippen LogP contribution in [-0.4, -0.2) is 47.6 Å². The second kappa shape index (κ2) is 5.75. The van der Waals surface area contributed by atoms with E-state index in [1.807, 2.05) is 0 Å². The Morgan fingerprint density at radius 1 is 1.06 bits per heavy atom. The molecule has 3 aliphatic rings. The molecule has 0 aromatic rings. The van der Waals surface area contributed by atoms with E-state index in [0.29, 0.717) is 0 Å². The molecule has 18 heavy (non-hydrogen) atoms. The summed E-state index contributed by atoms with van der Waals surface area (Å²) in [5, 5.41) is 0. The van der Waals surface area contributed by atoms with Gasteiger partial charge in [0.15, 0.2) is 0 Å². The zero-order chi connectivity index (χ0) is 12.4. The molecular formula is C16H28N2. The molecule has 102 valence electrons. The lowest BCUT2D eigenvalue weighted by Gasteiger charge is -2.51. The summed E-state index contributed by atoms with van der Waals surface area (Å²) in [6.45, 7) is 6.42. The van der Waals surface area contributed by atoms with Gasteiger partial charge in [0.2, 0.25) is 0 Å². The summed E-state index contributed by atoms with van der Waals surface area (Å²) in [4.78, 5) is 5.66. The first-order valence-corrected chi connectivity index (χ1v) is 8.03. The smallest absolute Gasteiger partial charge is 0.0224 e.